The summed E-state index contributed by atoms with van der Waals surface area (Å²) in [6.45, 7) is 1.75. The van der Waals surface area contributed by atoms with Gasteiger partial charge in [-0.05, 0) is 24.8 Å². The van der Waals surface area contributed by atoms with Gasteiger partial charge in [-0.2, -0.15) is 4.98 Å². The summed E-state index contributed by atoms with van der Waals surface area (Å²) in [4.78, 5) is 5.19. The highest BCUT2D eigenvalue weighted by atomic mass is 32.2. The van der Waals surface area contributed by atoms with E-state index in [-0.39, 0.29) is 11.5 Å². The number of hydrogen-bond donors (Lipinski definition) is 0. The van der Waals surface area contributed by atoms with Gasteiger partial charge in [0.1, 0.15) is 5.75 Å². The molecule has 23 heavy (non-hydrogen) atoms. The van der Waals surface area contributed by atoms with E-state index in [0.29, 0.717) is 36.0 Å². The molecule has 0 amide bonds. The maximum Gasteiger partial charge on any atom is 0.227 e. The molecule has 9 heteroatoms. The Labute approximate surface area is 137 Å². The Morgan fingerprint density at radius 3 is 2.83 bits per heavy atom. The van der Waals surface area contributed by atoms with Crippen LogP contribution in [0.5, 0.6) is 0 Å². The average molecular weight is 353 g/mol. The number of aryl methyl sites for hydroxylation is 2. The van der Waals surface area contributed by atoms with Crippen LogP contribution in [0.4, 0.5) is 0 Å². The molecule has 0 fully saturated rings. The van der Waals surface area contributed by atoms with E-state index in [1.165, 1.54) is 11.3 Å². The maximum absolute atomic E-state index is 12.0. The summed E-state index contributed by atoms with van der Waals surface area (Å²) in [5, 5.41) is 9.51. The minimum absolute atomic E-state index is 0.0312. The molecule has 0 saturated heterocycles. The number of sulfone groups is 1. The van der Waals surface area contributed by atoms with E-state index >= 15 is 0 Å². The molecular formula is C14H15N3O4S2. The van der Waals surface area contributed by atoms with E-state index < -0.39 is 9.84 Å². The summed E-state index contributed by atoms with van der Waals surface area (Å²) in [5.74, 6) is 1.23. The zero-order valence-electron chi connectivity index (χ0n) is 12.4. The minimum Gasteiger partial charge on any atom is -0.360 e. The van der Waals surface area contributed by atoms with Gasteiger partial charge in [-0.15, -0.1) is 11.3 Å². The van der Waals surface area contributed by atoms with E-state index in [1.54, 1.807) is 13.0 Å². The van der Waals surface area contributed by atoms with Gasteiger partial charge >= 0.3 is 0 Å². The molecule has 3 heterocycles. The molecule has 0 saturated carbocycles. The first-order valence-electron chi connectivity index (χ1n) is 7.01. The third-order valence-electron chi connectivity index (χ3n) is 3.09. The van der Waals surface area contributed by atoms with Crippen molar-refractivity contribution in [2.75, 3.05) is 5.75 Å². The van der Waals surface area contributed by atoms with Gasteiger partial charge < -0.3 is 9.05 Å². The molecular weight excluding hydrogens is 338 g/mol. The second kappa shape index (κ2) is 6.63. The first-order valence-corrected chi connectivity index (χ1v) is 9.71. The van der Waals surface area contributed by atoms with Crippen LogP contribution < -0.4 is 0 Å². The molecule has 0 spiro atoms. The van der Waals surface area contributed by atoms with Gasteiger partial charge in [0.25, 0.3) is 0 Å². The van der Waals surface area contributed by atoms with Crippen LogP contribution in [-0.2, 0) is 22.0 Å². The first-order chi connectivity index (χ1) is 11.0. The van der Waals surface area contributed by atoms with Crippen LogP contribution in [0, 0.1) is 6.92 Å². The average Bonchev–Trinajstić information content (AvgIpc) is 3.19. The van der Waals surface area contributed by atoms with Crippen molar-refractivity contribution in [1.82, 2.24) is 15.3 Å². The van der Waals surface area contributed by atoms with E-state index in [1.807, 2.05) is 17.5 Å². The summed E-state index contributed by atoms with van der Waals surface area (Å²) in [6.07, 6.45) is 0.842. The fraction of sp³-hybridized carbons (Fsp3) is 0.357. The van der Waals surface area contributed by atoms with Crippen molar-refractivity contribution in [2.24, 2.45) is 0 Å². The third kappa shape index (κ3) is 4.26. The van der Waals surface area contributed by atoms with Crippen LogP contribution in [0.25, 0.3) is 10.7 Å². The molecule has 0 N–H and O–H groups in total. The van der Waals surface area contributed by atoms with Gasteiger partial charge in [-0.25, -0.2) is 8.42 Å². The van der Waals surface area contributed by atoms with Crippen molar-refractivity contribution >= 4 is 21.2 Å². The highest BCUT2D eigenvalue weighted by molar-refractivity contribution is 7.90. The second-order valence-corrected chi connectivity index (χ2v) is 8.25. The minimum atomic E-state index is -3.25. The highest BCUT2D eigenvalue weighted by Crippen LogP contribution is 2.21. The Balaban J connectivity index is 1.52. The Morgan fingerprint density at radius 2 is 2.13 bits per heavy atom. The van der Waals surface area contributed by atoms with Crippen molar-refractivity contribution in [3.8, 4) is 10.7 Å². The Morgan fingerprint density at radius 1 is 1.26 bits per heavy atom. The largest absolute Gasteiger partial charge is 0.360 e. The molecule has 0 radical (unpaired) electrons. The molecule has 3 aromatic heterocycles. The van der Waals surface area contributed by atoms with Crippen LogP contribution in [0.3, 0.4) is 0 Å². The normalized spacial score (nSPS) is 11.9. The van der Waals surface area contributed by atoms with Crippen molar-refractivity contribution in [2.45, 2.75) is 25.5 Å². The molecule has 0 aromatic carbocycles. The smallest absolute Gasteiger partial charge is 0.227 e. The molecule has 3 rings (SSSR count). The zero-order chi connectivity index (χ0) is 16.3. The Bertz CT molecular complexity index is 866. The monoisotopic (exact) mass is 353 g/mol. The molecule has 0 aliphatic rings. The van der Waals surface area contributed by atoms with Crippen molar-refractivity contribution in [1.29, 1.82) is 0 Å². The topological polar surface area (TPSA) is 99.1 Å². The van der Waals surface area contributed by atoms with Crippen LogP contribution in [0.1, 0.15) is 23.8 Å². The lowest BCUT2D eigenvalue weighted by molar-refractivity contribution is 0.377. The van der Waals surface area contributed by atoms with Crippen LogP contribution in [0.15, 0.2) is 32.6 Å². The Hall–Kier alpha value is -2.00. The number of rotatable bonds is 7. The van der Waals surface area contributed by atoms with Gasteiger partial charge in [-0.1, -0.05) is 16.4 Å². The predicted molar refractivity (Wildman–Crippen MR) is 84.7 cm³/mol. The standard InChI is InChI=1S/C14H15N3O4S2/c1-10-8-11(20-16-10)9-23(18,19)7-3-5-13-15-14(17-21-13)12-4-2-6-22-12/h2,4,6,8H,3,5,7,9H2,1H3. The molecule has 0 aliphatic heterocycles. The molecule has 122 valence electrons. The molecule has 0 bridgehead atoms. The fourth-order valence-electron chi connectivity index (χ4n) is 2.08. The predicted octanol–water partition coefficient (Wildman–Crippen LogP) is 2.64. The summed E-state index contributed by atoms with van der Waals surface area (Å²) in [7, 11) is -3.25. The second-order valence-electron chi connectivity index (χ2n) is 5.12. The lowest BCUT2D eigenvalue weighted by Crippen LogP contribution is -2.09. The van der Waals surface area contributed by atoms with Crippen molar-refractivity contribution in [3.63, 3.8) is 0 Å². The number of aromatic nitrogens is 3. The molecule has 0 aliphatic carbocycles. The van der Waals surface area contributed by atoms with Crippen LogP contribution in [-0.4, -0.2) is 29.5 Å². The molecule has 0 unspecified atom stereocenters. The summed E-state index contributed by atoms with van der Waals surface area (Å²) < 4.78 is 34.2. The maximum atomic E-state index is 12.0. The highest BCUT2D eigenvalue weighted by Gasteiger charge is 2.16. The fourth-order valence-corrected chi connectivity index (χ4v) is 4.03. The van der Waals surface area contributed by atoms with Gasteiger partial charge in [0.15, 0.2) is 15.6 Å². The third-order valence-corrected chi connectivity index (χ3v) is 5.60. The van der Waals surface area contributed by atoms with Gasteiger partial charge in [0, 0.05) is 12.5 Å². The van der Waals surface area contributed by atoms with E-state index in [0.717, 1.165) is 4.88 Å². The van der Waals surface area contributed by atoms with Crippen molar-refractivity contribution in [3.05, 3.63) is 40.9 Å². The zero-order valence-corrected chi connectivity index (χ0v) is 14.1. The Kier molecular flexibility index (Phi) is 4.58. The summed E-state index contributed by atoms with van der Waals surface area (Å²) in [6, 6.07) is 5.44. The molecule has 0 atom stereocenters. The molecule has 3 aromatic rings. The SMILES string of the molecule is Cc1cc(CS(=O)(=O)CCCc2nc(-c3cccs3)no2)on1. The van der Waals surface area contributed by atoms with E-state index in [9.17, 15) is 8.42 Å². The van der Waals surface area contributed by atoms with Crippen LogP contribution >= 0.6 is 11.3 Å². The number of nitrogens with zero attached hydrogens (tertiary/aromatic N) is 3. The van der Waals surface area contributed by atoms with Gasteiger partial charge in [-0.3, -0.25) is 0 Å². The quantitative estimate of drug-likeness (QED) is 0.644. The van der Waals surface area contributed by atoms with Gasteiger partial charge in [0.2, 0.25) is 11.7 Å². The first kappa shape index (κ1) is 15.9. The lowest BCUT2D eigenvalue weighted by Gasteiger charge is -2.00. The van der Waals surface area contributed by atoms with Gasteiger partial charge in [0.05, 0.1) is 16.3 Å². The number of thiophene rings is 1. The lowest BCUT2D eigenvalue weighted by atomic mass is 10.3. The van der Waals surface area contributed by atoms with E-state index in [4.69, 9.17) is 9.05 Å². The van der Waals surface area contributed by atoms with Crippen LogP contribution in [0.2, 0.25) is 0 Å². The summed E-state index contributed by atoms with van der Waals surface area (Å²) >= 11 is 1.52. The summed E-state index contributed by atoms with van der Waals surface area (Å²) in [5.41, 5.74) is 0.669. The van der Waals surface area contributed by atoms with E-state index in [2.05, 4.69) is 15.3 Å². The molecule has 7 nitrogen and oxygen atoms in total. The van der Waals surface area contributed by atoms with Crippen molar-refractivity contribution < 1.29 is 17.5 Å². The number of hydrogen-bond acceptors (Lipinski definition) is 8.